The van der Waals surface area contributed by atoms with E-state index in [2.05, 4.69) is 10.2 Å². The van der Waals surface area contributed by atoms with Gasteiger partial charge in [0.05, 0.1) is 19.2 Å². The van der Waals surface area contributed by atoms with Crippen LogP contribution in [0.15, 0.2) is 24.5 Å². The van der Waals surface area contributed by atoms with Gasteiger partial charge in [0.2, 0.25) is 0 Å². The van der Waals surface area contributed by atoms with Crippen molar-refractivity contribution in [3.63, 3.8) is 0 Å². The minimum atomic E-state index is -0.865. The van der Waals surface area contributed by atoms with Gasteiger partial charge >= 0.3 is 5.97 Å². The van der Waals surface area contributed by atoms with Gasteiger partial charge in [0, 0.05) is 6.42 Å². The molecule has 0 atom stereocenters. The molecule has 1 aromatic heterocycles. The normalized spacial score (nSPS) is 10.4. The van der Waals surface area contributed by atoms with Gasteiger partial charge in [-0.2, -0.15) is 0 Å². The first kappa shape index (κ1) is 13.1. The maximum atomic E-state index is 10.8. The molecular formula is C13H15N3O3. The van der Waals surface area contributed by atoms with Crippen LogP contribution in [0.25, 0.3) is 5.69 Å². The fourth-order valence-electron chi connectivity index (χ4n) is 1.91. The summed E-state index contributed by atoms with van der Waals surface area (Å²) in [6, 6.07) is 5.29. The van der Waals surface area contributed by atoms with E-state index in [0.717, 1.165) is 17.9 Å². The number of carboxylic acid groups (broad SMARTS) is 1. The molecule has 2 aromatic rings. The summed E-state index contributed by atoms with van der Waals surface area (Å²) < 4.78 is 7.11. The maximum absolute atomic E-state index is 10.8. The summed E-state index contributed by atoms with van der Waals surface area (Å²) in [5.41, 5.74) is 1.46. The van der Waals surface area contributed by atoms with Gasteiger partial charge in [-0.15, -0.1) is 10.2 Å². The number of carbonyl (C=O) groups is 1. The molecule has 19 heavy (non-hydrogen) atoms. The second kappa shape index (κ2) is 5.51. The third kappa shape index (κ3) is 2.73. The van der Waals surface area contributed by atoms with E-state index in [9.17, 15) is 4.79 Å². The van der Waals surface area contributed by atoms with E-state index < -0.39 is 5.97 Å². The van der Waals surface area contributed by atoms with Crippen LogP contribution in [0.1, 0.15) is 18.3 Å². The van der Waals surface area contributed by atoms with Crippen LogP contribution in [0.2, 0.25) is 0 Å². The molecule has 0 radical (unpaired) electrons. The van der Waals surface area contributed by atoms with Crippen molar-refractivity contribution in [1.29, 1.82) is 0 Å². The van der Waals surface area contributed by atoms with E-state index in [1.54, 1.807) is 31.6 Å². The molecule has 0 bridgehead atoms. The predicted molar refractivity (Wildman–Crippen MR) is 68.6 cm³/mol. The Labute approximate surface area is 110 Å². The van der Waals surface area contributed by atoms with Gasteiger partial charge in [-0.3, -0.25) is 9.36 Å². The van der Waals surface area contributed by atoms with Crippen molar-refractivity contribution in [3.05, 3.63) is 35.9 Å². The Morgan fingerprint density at radius 1 is 1.47 bits per heavy atom. The Morgan fingerprint density at radius 2 is 2.26 bits per heavy atom. The van der Waals surface area contributed by atoms with Gasteiger partial charge in [-0.05, 0) is 17.7 Å². The van der Waals surface area contributed by atoms with Crippen molar-refractivity contribution in [2.24, 2.45) is 0 Å². The average molecular weight is 261 g/mol. The standard InChI is InChI=1S/C13H15N3O3/c1-3-12-15-14-8-16(12)10-6-9(7-13(17)18)4-5-11(10)19-2/h4-6,8H,3,7H2,1-2H3,(H,17,18). The second-order valence-corrected chi connectivity index (χ2v) is 4.05. The van der Waals surface area contributed by atoms with Crippen LogP contribution < -0.4 is 4.74 Å². The molecule has 1 heterocycles. The van der Waals surface area contributed by atoms with Gasteiger partial charge in [-0.1, -0.05) is 13.0 Å². The smallest absolute Gasteiger partial charge is 0.307 e. The van der Waals surface area contributed by atoms with E-state index in [0.29, 0.717) is 11.3 Å². The van der Waals surface area contributed by atoms with E-state index in [4.69, 9.17) is 9.84 Å². The molecule has 0 amide bonds. The molecule has 0 aliphatic heterocycles. The first-order valence-electron chi connectivity index (χ1n) is 5.93. The van der Waals surface area contributed by atoms with Gasteiger partial charge in [-0.25, -0.2) is 0 Å². The van der Waals surface area contributed by atoms with Gasteiger partial charge in [0.25, 0.3) is 0 Å². The van der Waals surface area contributed by atoms with Crippen LogP contribution >= 0.6 is 0 Å². The predicted octanol–water partition coefficient (Wildman–Crippen LogP) is 1.47. The molecular weight excluding hydrogens is 246 g/mol. The van der Waals surface area contributed by atoms with Gasteiger partial charge < -0.3 is 9.84 Å². The van der Waals surface area contributed by atoms with Crippen molar-refractivity contribution in [2.45, 2.75) is 19.8 Å². The minimum absolute atomic E-state index is 0.0272. The highest BCUT2D eigenvalue weighted by atomic mass is 16.5. The quantitative estimate of drug-likeness (QED) is 0.881. The lowest BCUT2D eigenvalue weighted by Crippen LogP contribution is -2.05. The number of aromatic nitrogens is 3. The summed E-state index contributed by atoms with van der Waals surface area (Å²) in [4.78, 5) is 10.8. The maximum Gasteiger partial charge on any atom is 0.307 e. The van der Waals surface area contributed by atoms with Crippen molar-refractivity contribution in [2.75, 3.05) is 7.11 Å². The Kier molecular flexibility index (Phi) is 3.79. The fraction of sp³-hybridized carbons (Fsp3) is 0.308. The molecule has 1 aromatic carbocycles. The van der Waals surface area contributed by atoms with Crippen molar-refractivity contribution >= 4 is 5.97 Å². The van der Waals surface area contributed by atoms with Crippen LogP contribution in [-0.4, -0.2) is 33.0 Å². The molecule has 0 aliphatic rings. The average Bonchev–Trinajstić information content (AvgIpc) is 2.86. The Hall–Kier alpha value is -2.37. The van der Waals surface area contributed by atoms with E-state index >= 15 is 0 Å². The van der Waals surface area contributed by atoms with Crippen LogP contribution in [0.4, 0.5) is 0 Å². The first-order chi connectivity index (χ1) is 9.15. The lowest BCUT2D eigenvalue weighted by atomic mass is 10.1. The third-order valence-electron chi connectivity index (χ3n) is 2.79. The SMILES string of the molecule is CCc1nncn1-c1cc(CC(=O)O)ccc1OC. The number of methoxy groups -OCH3 is 1. The highest BCUT2D eigenvalue weighted by Gasteiger charge is 2.12. The Morgan fingerprint density at radius 3 is 2.89 bits per heavy atom. The number of benzene rings is 1. The van der Waals surface area contributed by atoms with Crippen molar-refractivity contribution in [1.82, 2.24) is 14.8 Å². The number of ether oxygens (including phenoxy) is 1. The number of hydrogen-bond acceptors (Lipinski definition) is 4. The lowest BCUT2D eigenvalue weighted by molar-refractivity contribution is -0.136. The lowest BCUT2D eigenvalue weighted by Gasteiger charge is -2.12. The summed E-state index contributed by atoms with van der Waals surface area (Å²) in [6.07, 6.45) is 2.30. The number of carboxylic acids is 1. The topological polar surface area (TPSA) is 77.2 Å². The molecule has 2 rings (SSSR count). The molecule has 0 fully saturated rings. The molecule has 6 heteroatoms. The van der Waals surface area contributed by atoms with Crippen LogP contribution in [0, 0.1) is 0 Å². The summed E-state index contributed by atoms with van der Waals surface area (Å²) in [7, 11) is 1.58. The fourth-order valence-corrected chi connectivity index (χ4v) is 1.91. The number of hydrogen-bond donors (Lipinski definition) is 1. The molecule has 0 saturated carbocycles. The largest absolute Gasteiger partial charge is 0.495 e. The van der Waals surface area contributed by atoms with Crippen LogP contribution in [0.5, 0.6) is 5.75 Å². The highest BCUT2D eigenvalue weighted by Crippen LogP contribution is 2.25. The van der Waals surface area contributed by atoms with Crippen molar-refractivity contribution in [3.8, 4) is 11.4 Å². The zero-order chi connectivity index (χ0) is 13.8. The summed E-state index contributed by atoms with van der Waals surface area (Å²) >= 11 is 0. The molecule has 1 N–H and O–H groups in total. The third-order valence-corrected chi connectivity index (χ3v) is 2.79. The Bertz CT molecular complexity index is 593. The number of aliphatic carboxylic acids is 1. The van der Waals surface area contributed by atoms with Gasteiger partial charge in [0.15, 0.2) is 0 Å². The van der Waals surface area contributed by atoms with Crippen molar-refractivity contribution < 1.29 is 14.6 Å². The zero-order valence-electron chi connectivity index (χ0n) is 10.8. The van der Waals surface area contributed by atoms with Crippen LogP contribution in [-0.2, 0) is 17.6 Å². The molecule has 0 unspecified atom stereocenters. The molecule has 0 saturated heterocycles. The monoisotopic (exact) mass is 261 g/mol. The van der Waals surface area contributed by atoms with Gasteiger partial charge in [0.1, 0.15) is 17.9 Å². The van der Waals surface area contributed by atoms with Crippen LogP contribution in [0.3, 0.4) is 0 Å². The zero-order valence-corrected chi connectivity index (χ0v) is 10.8. The van der Waals surface area contributed by atoms with E-state index in [-0.39, 0.29) is 6.42 Å². The summed E-state index contributed by atoms with van der Waals surface area (Å²) in [5.74, 6) is 0.588. The molecule has 0 aliphatic carbocycles. The summed E-state index contributed by atoms with van der Waals surface area (Å²) in [6.45, 7) is 1.98. The number of aryl methyl sites for hydroxylation is 1. The minimum Gasteiger partial charge on any atom is -0.495 e. The molecule has 100 valence electrons. The number of rotatable bonds is 5. The highest BCUT2D eigenvalue weighted by molar-refractivity contribution is 5.71. The van der Waals surface area contributed by atoms with E-state index in [1.165, 1.54) is 0 Å². The second-order valence-electron chi connectivity index (χ2n) is 4.05. The molecule has 0 spiro atoms. The summed E-state index contributed by atoms with van der Waals surface area (Å²) in [5, 5.41) is 16.7. The Balaban J connectivity index is 2.50. The molecule has 6 nitrogen and oxygen atoms in total. The van der Waals surface area contributed by atoms with E-state index in [1.807, 2.05) is 11.5 Å². The first-order valence-corrected chi connectivity index (χ1v) is 5.93. The number of nitrogens with zero attached hydrogens (tertiary/aromatic N) is 3.